The molecule has 0 spiro atoms. The molecule has 0 bridgehead atoms. The Kier molecular flexibility index (Phi) is 5.05. The van der Waals surface area contributed by atoms with E-state index in [1.807, 2.05) is 6.07 Å². The molecular weight excluding hydrogens is 299 g/mol. The lowest BCUT2D eigenvalue weighted by Crippen LogP contribution is -2.32. The van der Waals surface area contributed by atoms with Crippen LogP contribution in [0.3, 0.4) is 0 Å². The topological polar surface area (TPSA) is 70.4 Å². The summed E-state index contributed by atoms with van der Waals surface area (Å²) in [5.74, 6) is -2.29. The molecule has 0 heterocycles. The molecule has 0 aliphatic heterocycles. The van der Waals surface area contributed by atoms with Gasteiger partial charge in [-0.15, -0.1) is 0 Å². The van der Waals surface area contributed by atoms with Crippen LogP contribution in [0, 0.1) is 17.1 Å². The molecule has 0 aliphatic rings. The molecule has 2 aromatic carbocycles. The predicted molar refractivity (Wildman–Crippen MR) is 81.5 cm³/mol. The monoisotopic (exact) mass is 312 g/mol. The minimum absolute atomic E-state index is 0.150. The molecule has 0 aromatic heterocycles. The van der Waals surface area contributed by atoms with Gasteiger partial charge in [0.1, 0.15) is 6.54 Å². The van der Waals surface area contributed by atoms with Crippen LogP contribution in [-0.4, -0.2) is 25.5 Å². The Hall–Kier alpha value is -3.20. The van der Waals surface area contributed by atoms with Crippen molar-refractivity contribution in [2.45, 2.75) is 0 Å². The van der Waals surface area contributed by atoms with E-state index in [0.29, 0.717) is 5.56 Å². The number of halogens is 1. The third-order valence-corrected chi connectivity index (χ3v) is 3.17. The number of ether oxygens (including phenoxy) is 1. The molecular formula is C17H13FN2O3. The van der Waals surface area contributed by atoms with E-state index in [9.17, 15) is 14.0 Å². The number of methoxy groups -OCH3 is 1. The van der Waals surface area contributed by atoms with Gasteiger partial charge in [0.05, 0.1) is 24.4 Å². The molecule has 0 unspecified atom stereocenters. The van der Waals surface area contributed by atoms with Gasteiger partial charge in [0.2, 0.25) is 0 Å². The number of amides is 1. The molecule has 0 saturated carbocycles. The van der Waals surface area contributed by atoms with Gasteiger partial charge in [0.25, 0.3) is 5.91 Å². The Balaban J connectivity index is 2.49. The molecule has 2 rings (SSSR count). The maximum atomic E-state index is 14.6. The average molecular weight is 312 g/mol. The normalized spacial score (nSPS) is 9.78. The van der Waals surface area contributed by atoms with Crippen molar-refractivity contribution in [3.63, 3.8) is 0 Å². The number of benzene rings is 2. The van der Waals surface area contributed by atoms with Crippen LogP contribution in [0.2, 0.25) is 0 Å². The predicted octanol–water partition coefficient (Wildman–Crippen LogP) is 2.78. The quantitative estimate of drug-likeness (QED) is 0.643. The van der Waals surface area contributed by atoms with Crippen molar-refractivity contribution in [1.29, 1.82) is 5.26 Å². The summed E-state index contributed by atoms with van der Waals surface area (Å²) in [5, 5.41) is 8.95. The summed E-state index contributed by atoms with van der Waals surface area (Å²) < 4.78 is 19.1. The minimum atomic E-state index is -0.904. The highest BCUT2D eigenvalue weighted by Crippen LogP contribution is 2.24. The first kappa shape index (κ1) is 16.2. The van der Waals surface area contributed by atoms with Crippen molar-refractivity contribution in [1.82, 2.24) is 0 Å². The van der Waals surface area contributed by atoms with Crippen molar-refractivity contribution in [2.75, 3.05) is 18.6 Å². The van der Waals surface area contributed by atoms with Gasteiger partial charge >= 0.3 is 5.97 Å². The second-order valence-electron chi connectivity index (χ2n) is 4.55. The Labute approximate surface area is 132 Å². The summed E-state index contributed by atoms with van der Waals surface area (Å²) in [5.41, 5.74) is -0.136. The van der Waals surface area contributed by atoms with E-state index < -0.39 is 17.7 Å². The standard InChI is InChI=1S/C17H13FN2O3/c1-23-17(22)13-8-5-9-14(15(13)18)20(11-10-19)16(21)12-6-3-2-4-7-12/h2-9H,11H2,1H3. The van der Waals surface area contributed by atoms with E-state index in [4.69, 9.17) is 5.26 Å². The second kappa shape index (κ2) is 7.18. The van der Waals surface area contributed by atoms with E-state index in [1.54, 1.807) is 30.3 Å². The number of carbonyl (C=O) groups is 2. The molecule has 116 valence electrons. The van der Waals surface area contributed by atoms with Crippen molar-refractivity contribution in [3.05, 3.63) is 65.5 Å². The van der Waals surface area contributed by atoms with E-state index in [2.05, 4.69) is 4.74 Å². The van der Waals surface area contributed by atoms with Gasteiger partial charge in [-0.3, -0.25) is 9.69 Å². The molecule has 0 saturated heterocycles. The van der Waals surface area contributed by atoms with Gasteiger partial charge in [-0.1, -0.05) is 24.3 Å². The molecule has 2 aromatic rings. The number of hydrogen-bond acceptors (Lipinski definition) is 4. The van der Waals surface area contributed by atoms with E-state index in [0.717, 1.165) is 12.0 Å². The van der Waals surface area contributed by atoms with E-state index in [1.165, 1.54) is 18.2 Å². The fourth-order valence-electron chi connectivity index (χ4n) is 2.07. The van der Waals surface area contributed by atoms with Crippen LogP contribution in [0.15, 0.2) is 48.5 Å². The molecule has 0 aliphatic carbocycles. The molecule has 0 fully saturated rings. The number of carbonyl (C=O) groups excluding carboxylic acids is 2. The number of anilines is 1. The van der Waals surface area contributed by atoms with Crippen LogP contribution in [0.1, 0.15) is 20.7 Å². The Bertz CT molecular complexity index is 769. The number of nitriles is 1. The highest BCUT2D eigenvalue weighted by molar-refractivity contribution is 6.07. The smallest absolute Gasteiger partial charge is 0.340 e. The maximum Gasteiger partial charge on any atom is 0.340 e. The van der Waals surface area contributed by atoms with Crippen LogP contribution in [0.25, 0.3) is 0 Å². The van der Waals surface area contributed by atoms with Gasteiger partial charge < -0.3 is 4.74 Å². The summed E-state index contributed by atoms with van der Waals surface area (Å²) in [7, 11) is 1.14. The lowest BCUT2D eigenvalue weighted by atomic mass is 10.1. The zero-order valence-corrected chi connectivity index (χ0v) is 12.3. The Morgan fingerprint density at radius 3 is 2.48 bits per heavy atom. The highest BCUT2D eigenvalue weighted by atomic mass is 19.1. The number of hydrogen-bond donors (Lipinski definition) is 0. The third-order valence-electron chi connectivity index (χ3n) is 3.17. The first-order valence-corrected chi connectivity index (χ1v) is 6.70. The number of esters is 1. The van der Waals surface area contributed by atoms with Gasteiger partial charge in [-0.05, 0) is 24.3 Å². The van der Waals surface area contributed by atoms with Crippen molar-refractivity contribution < 1.29 is 18.7 Å². The zero-order valence-electron chi connectivity index (χ0n) is 12.3. The molecule has 0 N–H and O–H groups in total. The lowest BCUT2D eigenvalue weighted by Gasteiger charge is -2.21. The zero-order chi connectivity index (χ0) is 16.8. The maximum absolute atomic E-state index is 14.6. The summed E-state index contributed by atoms with van der Waals surface area (Å²) in [6, 6.07) is 14.0. The second-order valence-corrected chi connectivity index (χ2v) is 4.55. The van der Waals surface area contributed by atoms with Crippen molar-refractivity contribution in [3.8, 4) is 6.07 Å². The molecule has 0 atom stereocenters. The van der Waals surface area contributed by atoms with Crippen LogP contribution >= 0.6 is 0 Å². The van der Waals surface area contributed by atoms with Gasteiger partial charge in [-0.2, -0.15) is 5.26 Å². The Morgan fingerprint density at radius 1 is 1.17 bits per heavy atom. The van der Waals surface area contributed by atoms with Crippen LogP contribution in [0.4, 0.5) is 10.1 Å². The molecule has 5 nitrogen and oxygen atoms in total. The summed E-state index contributed by atoms with van der Waals surface area (Å²) >= 11 is 0. The van der Waals surface area contributed by atoms with Crippen LogP contribution < -0.4 is 4.90 Å². The average Bonchev–Trinajstić information content (AvgIpc) is 2.60. The van der Waals surface area contributed by atoms with Crippen molar-refractivity contribution in [2.24, 2.45) is 0 Å². The molecule has 0 radical (unpaired) electrons. The van der Waals surface area contributed by atoms with E-state index in [-0.39, 0.29) is 17.8 Å². The molecule has 1 amide bonds. The van der Waals surface area contributed by atoms with Gasteiger partial charge in [0, 0.05) is 5.56 Å². The molecule has 6 heteroatoms. The first-order chi connectivity index (χ1) is 11.1. The first-order valence-electron chi connectivity index (χ1n) is 6.70. The molecule has 23 heavy (non-hydrogen) atoms. The van der Waals surface area contributed by atoms with Crippen LogP contribution in [-0.2, 0) is 4.74 Å². The van der Waals surface area contributed by atoms with Crippen molar-refractivity contribution >= 4 is 17.6 Å². The number of nitrogens with zero attached hydrogens (tertiary/aromatic N) is 2. The summed E-state index contributed by atoms with van der Waals surface area (Å²) in [4.78, 5) is 25.1. The fraction of sp³-hybridized carbons (Fsp3) is 0.118. The highest BCUT2D eigenvalue weighted by Gasteiger charge is 2.24. The lowest BCUT2D eigenvalue weighted by molar-refractivity contribution is 0.0595. The van der Waals surface area contributed by atoms with Gasteiger partial charge in [0.15, 0.2) is 5.82 Å². The largest absolute Gasteiger partial charge is 0.465 e. The fourth-order valence-corrected chi connectivity index (χ4v) is 2.07. The summed E-state index contributed by atoms with van der Waals surface area (Å²) in [6.07, 6.45) is 0. The third kappa shape index (κ3) is 3.35. The van der Waals surface area contributed by atoms with Crippen LogP contribution in [0.5, 0.6) is 0 Å². The minimum Gasteiger partial charge on any atom is -0.465 e. The SMILES string of the molecule is COC(=O)c1cccc(N(CC#N)C(=O)c2ccccc2)c1F. The van der Waals surface area contributed by atoms with Gasteiger partial charge in [-0.25, -0.2) is 9.18 Å². The number of rotatable bonds is 4. The Morgan fingerprint density at radius 2 is 1.87 bits per heavy atom. The summed E-state index contributed by atoms with van der Waals surface area (Å²) in [6.45, 7) is -0.352. The van der Waals surface area contributed by atoms with E-state index >= 15 is 0 Å².